The number of carbonyl (C=O) groups excluding carboxylic acids is 2. The lowest BCUT2D eigenvalue weighted by molar-refractivity contribution is -0.122. The minimum atomic E-state index is 0.0695. The second-order valence-electron chi connectivity index (χ2n) is 7.43. The van der Waals surface area contributed by atoms with E-state index in [2.05, 4.69) is 20.7 Å². The van der Waals surface area contributed by atoms with Crippen molar-refractivity contribution in [3.63, 3.8) is 0 Å². The van der Waals surface area contributed by atoms with Crippen molar-refractivity contribution in [1.29, 1.82) is 0 Å². The number of nitrogens with one attached hydrogen (secondary N) is 2. The monoisotopic (exact) mass is 383 g/mol. The maximum Gasteiger partial charge on any atom is 0.220 e. The molecule has 28 heavy (non-hydrogen) atoms. The molecule has 0 aromatic carbocycles. The molecule has 1 aliphatic carbocycles. The average Bonchev–Trinajstić information content (AvgIpc) is 3.21. The van der Waals surface area contributed by atoms with Crippen LogP contribution in [0.25, 0.3) is 0 Å². The van der Waals surface area contributed by atoms with Crippen molar-refractivity contribution in [2.45, 2.75) is 70.0 Å². The van der Waals surface area contributed by atoms with Crippen molar-refractivity contribution in [3.8, 4) is 0 Å². The number of hydrogen-bond donors (Lipinski definition) is 2. The van der Waals surface area contributed by atoms with Crippen LogP contribution in [0.1, 0.15) is 50.5 Å². The summed E-state index contributed by atoms with van der Waals surface area (Å²) in [5, 5.41) is 10.4. The Morgan fingerprint density at radius 2 is 1.86 bits per heavy atom. The summed E-state index contributed by atoms with van der Waals surface area (Å²) in [5.41, 5.74) is 1.07. The Balaban J connectivity index is 1.33. The van der Waals surface area contributed by atoms with E-state index in [4.69, 9.17) is 0 Å². The number of pyridine rings is 1. The molecule has 2 amide bonds. The molecule has 150 valence electrons. The van der Waals surface area contributed by atoms with E-state index in [9.17, 15) is 9.59 Å². The number of nitrogens with zero attached hydrogens (tertiary/aromatic N) is 3. The van der Waals surface area contributed by atoms with Crippen LogP contribution in [0.4, 0.5) is 0 Å². The third-order valence-corrected chi connectivity index (χ3v) is 5.12. The first-order chi connectivity index (χ1) is 13.7. The molecule has 0 radical (unpaired) electrons. The number of aromatic nitrogens is 3. The molecule has 2 aromatic rings. The normalized spacial score (nSPS) is 19.1. The van der Waals surface area contributed by atoms with Crippen LogP contribution in [0.2, 0.25) is 0 Å². The smallest absolute Gasteiger partial charge is 0.220 e. The number of aryl methyl sites for hydroxylation is 2. The van der Waals surface area contributed by atoms with Gasteiger partial charge in [-0.15, -0.1) is 0 Å². The fourth-order valence-corrected chi connectivity index (χ4v) is 3.69. The van der Waals surface area contributed by atoms with E-state index in [1.165, 1.54) is 0 Å². The zero-order chi connectivity index (χ0) is 19.6. The van der Waals surface area contributed by atoms with E-state index in [-0.39, 0.29) is 23.9 Å². The van der Waals surface area contributed by atoms with E-state index in [0.717, 1.165) is 44.2 Å². The highest BCUT2D eigenvalue weighted by atomic mass is 16.2. The fraction of sp³-hybridized carbons (Fsp3) is 0.524. The predicted octanol–water partition coefficient (Wildman–Crippen LogP) is 2.23. The van der Waals surface area contributed by atoms with Crippen LogP contribution in [0.3, 0.4) is 0 Å². The summed E-state index contributed by atoms with van der Waals surface area (Å²) >= 11 is 0. The van der Waals surface area contributed by atoms with Gasteiger partial charge < -0.3 is 10.6 Å². The van der Waals surface area contributed by atoms with Gasteiger partial charge in [0.15, 0.2) is 0 Å². The molecule has 7 heteroatoms. The molecule has 2 atom stereocenters. The largest absolute Gasteiger partial charge is 0.353 e. The lowest BCUT2D eigenvalue weighted by Crippen LogP contribution is -2.45. The molecule has 1 saturated carbocycles. The van der Waals surface area contributed by atoms with Gasteiger partial charge in [-0.2, -0.15) is 5.10 Å². The van der Waals surface area contributed by atoms with Gasteiger partial charge in [-0.05, 0) is 56.2 Å². The fourth-order valence-electron chi connectivity index (χ4n) is 3.69. The Bertz CT molecular complexity index is 733. The zero-order valence-electron chi connectivity index (χ0n) is 16.2. The second kappa shape index (κ2) is 10.6. The van der Waals surface area contributed by atoms with Crippen molar-refractivity contribution >= 4 is 11.8 Å². The minimum absolute atomic E-state index is 0.0695. The number of hydrogen-bond acceptors (Lipinski definition) is 4. The molecule has 2 aromatic heterocycles. The first-order valence-electron chi connectivity index (χ1n) is 10.1. The summed E-state index contributed by atoms with van der Waals surface area (Å²) in [4.78, 5) is 28.5. The van der Waals surface area contributed by atoms with Gasteiger partial charge >= 0.3 is 0 Å². The third kappa shape index (κ3) is 6.79. The summed E-state index contributed by atoms with van der Waals surface area (Å²) in [7, 11) is 0. The highest BCUT2D eigenvalue weighted by molar-refractivity contribution is 5.77. The number of amides is 2. The highest BCUT2D eigenvalue weighted by Crippen LogP contribution is 2.19. The number of carbonyl (C=O) groups is 2. The van der Waals surface area contributed by atoms with Crippen LogP contribution >= 0.6 is 0 Å². The van der Waals surface area contributed by atoms with Crippen LogP contribution < -0.4 is 10.6 Å². The van der Waals surface area contributed by atoms with Crippen LogP contribution in [-0.2, 0) is 22.6 Å². The van der Waals surface area contributed by atoms with E-state index >= 15 is 0 Å². The zero-order valence-corrected chi connectivity index (χ0v) is 16.2. The van der Waals surface area contributed by atoms with Gasteiger partial charge in [0.25, 0.3) is 0 Å². The lowest BCUT2D eigenvalue weighted by atomic mass is 9.90. The predicted molar refractivity (Wildman–Crippen MR) is 106 cm³/mol. The van der Waals surface area contributed by atoms with Crippen molar-refractivity contribution in [3.05, 3.63) is 48.5 Å². The van der Waals surface area contributed by atoms with Crippen molar-refractivity contribution in [2.24, 2.45) is 0 Å². The quantitative estimate of drug-likeness (QED) is 0.695. The van der Waals surface area contributed by atoms with Crippen molar-refractivity contribution < 1.29 is 9.59 Å². The second-order valence-corrected chi connectivity index (χ2v) is 7.43. The topological polar surface area (TPSA) is 88.9 Å². The lowest BCUT2D eigenvalue weighted by Gasteiger charge is -2.30. The first-order valence-corrected chi connectivity index (χ1v) is 10.1. The van der Waals surface area contributed by atoms with Crippen molar-refractivity contribution in [2.75, 3.05) is 0 Å². The minimum Gasteiger partial charge on any atom is -0.353 e. The Morgan fingerprint density at radius 1 is 1.07 bits per heavy atom. The maximum absolute atomic E-state index is 12.2. The number of rotatable bonds is 9. The van der Waals surface area contributed by atoms with Crippen LogP contribution in [0, 0.1) is 0 Å². The standard InChI is InChI=1S/C21H29N5O2/c27-20(8-3-13-26-14-4-12-23-26)24-18-6-1-7-19(15-18)25-21(28)10-9-17-5-2-11-22-16-17/h2,4-5,11-12,14,16,18-19H,1,3,6-10,13,15H2,(H,24,27)(H,25,28)/t18-,19-/m1/s1. The molecule has 2 N–H and O–H groups in total. The molecule has 0 unspecified atom stereocenters. The van der Waals surface area contributed by atoms with E-state index in [1.54, 1.807) is 18.6 Å². The van der Waals surface area contributed by atoms with Crippen LogP contribution in [0.15, 0.2) is 43.0 Å². The Kier molecular flexibility index (Phi) is 7.58. The molecule has 0 saturated heterocycles. The molecule has 1 aliphatic rings. The third-order valence-electron chi connectivity index (χ3n) is 5.12. The van der Waals surface area contributed by atoms with Gasteiger partial charge in [-0.3, -0.25) is 19.3 Å². The first kappa shape index (κ1) is 20.0. The summed E-state index contributed by atoms with van der Waals surface area (Å²) in [6.07, 6.45) is 13.4. The Labute approximate surface area is 165 Å². The molecule has 1 fully saturated rings. The highest BCUT2D eigenvalue weighted by Gasteiger charge is 2.24. The van der Waals surface area contributed by atoms with E-state index in [1.807, 2.05) is 29.1 Å². The summed E-state index contributed by atoms with van der Waals surface area (Å²) < 4.78 is 1.84. The Morgan fingerprint density at radius 3 is 2.54 bits per heavy atom. The van der Waals surface area contributed by atoms with Gasteiger partial charge in [-0.25, -0.2) is 0 Å². The van der Waals surface area contributed by atoms with E-state index in [0.29, 0.717) is 19.3 Å². The maximum atomic E-state index is 12.2. The van der Waals surface area contributed by atoms with Gasteiger partial charge in [0.2, 0.25) is 11.8 Å². The van der Waals surface area contributed by atoms with Gasteiger partial charge in [0.1, 0.15) is 0 Å². The molecule has 0 spiro atoms. The molecule has 0 bridgehead atoms. The van der Waals surface area contributed by atoms with E-state index < -0.39 is 0 Å². The average molecular weight is 383 g/mol. The van der Waals surface area contributed by atoms with Gasteiger partial charge in [0.05, 0.1) is 0 Å². The van der Waals surface area contributed by atoms with Crippen LogP contribution in [-0.4, -0.2) is 38.7 Å². The van der Waals surface area contributed by atoms with Gasteiger partial charge in [0, 0.05) is 56.3 Å². The summed E-state index contributed by atoms with van der Waals surface area (Å²) in [6.45, 7) is 0.751. The molecular formula is C21H29N5O2. The molecular weight excluding hydrogens is 354 g/mol. The Hall–Kier alpha value is -2.70. The van der Waals surface area contributed by atoms with Crippen LogP contribution in [0.5, 0.6) is 0 Å². The van der Waals surface area contributed by atoms with Gasteiger partial charge in [-0.1, -0.05) is 6.07 Å². The van der Waals surface area contributed by atoms with Crippen molar-refractivity contribution in [1.82, 2.24) is 25.4 Å². The SMILES string of the molecule is O=C(CCCn1cccn1)N[C@@H]1CCC[C@@H](NC(=O)CCc2cccnc2)C1. The molecule has 7 nitrogen and oxygen atoms in total. The summed E-state index contributed by atoms with van der Waals surface area (Å²) in [6, 6.07) is 6.04. The molecule has 2 heterocycles. The molecule has 0 aliphatic heterocycles. The summed E-state index contributed by atoms with van der Waals surface area (Å²) in [5.74, 6) is 0.153. The molecule has 3 rings (SSSR count).